The second-order valence-corrected chi connectivity index (χ2v) is 19.9. The minimum atomic E-state index is 0.450. The second-order valence-electron chi connectivity index (χ2n) is 19.9. The molecular weight excluding hydrogens is 625 g/mol. The van der Waals surface area contributed by atoms with Crippen molar-refractivity contribution in [3.8, 4) is 0 Å². The van der Waals surface area contributed by atoms with Gasteiger partial charge in [0.1, 0.15) is 0 Å². The molecule has 0 aromatic rings. The molecule has 52 heavy (non-hydrogen) atoms. The number of allylic oxidation sites excluding steroid dienone is 8. The van der Waals surface area contributed by atoms with Crippen LogP contribution in [-0.4, -0.2) is 0 Å². The van der Waals surface area contributed by atoms with E-state index in [4.69, 9.17) is 0 Å². The maximum Gasteiger partial charge on any atom is -0.00614 e. The highest BCUT2D eigenvalue weighted by Gasteiger charge is 2.50. The predicted octanol–water partition coefficient (Wildman–Crippen LogP) is 17.3. The van der Waals surface area contributed by atoms with E-state index in [9.17, 15) is 0 Å². The lowest BCUT2D eigenvalue weighted by molar-refractivity contribution is 0.0148. The molecule has 0 nitrogen and oxygen atoms in total. The van der Waals surface area contributed by atoms with Crippen LogP contribution in [0, 0.1) is 46.3 Å². The maximum atomic E-state index is 2.92. The Balaban J connectivity index is 1.42. The van der Waals surface area contributed by atoms with Crippen molar-refractivity contribution in [2.45, 2.75) is 233 Å². The number of hydrogen-bond donors (Lipinski definition) is 0. The first-order chi connectivity index (χ1) is 25.5. The van der Waals surface area contributed by atoms with Crippen LogP contribution in [0.2, 0.25) is 0 Å². The summed E-state index contributed by atoms with van der Waals surface area (Å²) in [6, 6.07) is 0. The van der Waals surface area contributed by atoms with Crippen LogP contribution in [0.1, 0.15) is 233 Å². The fourth-order valence-corrected chi connectivity index (χ4v) is 13.5. The SMILES string of the molecule is CCC=CCC=CCC=CC(CCC(CCCC(CC(C)CC(C)C)=C1CCCCCC1)(C1CCCC1)C1CCCC1)(C1CCCC1)C1CCCC1. The molecule has 0 saturated heterocycles. The van der Waals surface area contributed by atoms with Gasteiger partial charge in [0.2, 0.25) is 0 Å². The normalized spacial score (nSPS) is 23.1. The quantitative estimate of drug-likeness (QED) is 0.0821. The molecule has 5 aliphatic rings. The van der Waals surface area contributed by atoms with E-state index in [1.165, 1.54) is 148 Å². The second kappa shape index (κ2) is 22.5. The zero-order valence-electron chi connectivity index (χ0n) is 35.6. The van der Waals surface area contributed by atoms with Gasteiger partial charge in [-0.1, -0.05) is 140 Å². The molecule has 1 atom stereocenters. The Labute approximate surface area is 326 Å². The van der Waals surface area contributed by atoms with Crippen molar-refractivity contribution in [3.63, 3.8) is 0 Å². The van der Waals surface area contributed by atoms with E-state index in [-0.39, 0.29) is 0 Å². The maximum absolute atomic E-state index is 2.92. The van der Waals surface area contributed by atoms with Crippen molar-refractivity contribution in [3.05, 3.63) is 47.6 Å². The van der Waals surface area contributed by atoms with Crippen LogP contribution in [0.5, 0.6) is 0 Å². The molecule has 0 amide bonds. The van der Waals surface area contributed by atoms with Crippen LogP contribution < -0.4 is 0 Å². The first-order valence-corrected chi connectivity index (χ1v) is 24.1. The highest BCUT2D eigenvalue weighted by molar-refractivity contribution is 5.17. The van der Waals surface area contributed by atoms with Crippen molar-refractivity contribution < 1.29 is 0 Å². The Morgan fingerprint density at radius 3 is 1.60 bits per heavy atom. The Hall–Kier alpha value is -1.04. The van der Waals surface area contributed by atoms with Crippen molar-refractivity contribution in [1.82, 2.24) is 0 Å². The lowest BCUT2D eigenvalue weighted by Crippen LogP contribution is -2.41. The van der Waals surface area contributed by atoms with E-state index in [0.29, 0.717) is 10.8 Å². The molecule has 296 valence electrons. The minimum absolute atomic E-state index is 0.450. The lowest BCUT2D eigenvalue weighted by atomic mass is 9.55. The Morgan fingerprint density at radius 1 is 0.577 bits per heavy atom. The molecular formula is C52H88. The smallest absolute Gasteiger partial charge is 0.00614 e. The zero-order valence-corrected chi connectivity index (χ0v) is 35.6. The Morgan fingerprint density at radius 2 is 1.08 bits per heavy atom. The lowest BCUT2D eigenvalue weighted by Gasteiger charge is -2.50. The standard InChI is InChI=1S/C52H88/c1-5-6-7-8-9-10-13-24-37-51(47-29-16-17-30-47,48-31-18-19-32-48)39-40-52(49-33-20-21-34-49,50-35-22-23-36-50)38-25-28-46(42-44(4)41-43(2)3)45-26-14-11-12-15-27-45/h6-7,9-10,24,37,43-44,47-50H,5,8,11-23,25-36,38-42H2,1-4H3. The molecule has 0 aliphatic heterocycles. The fourth-order valence-electron chi connectivity index (χ4n) is 13.5. The first-order valence-electron chi connectivity index (χ1n) is 24.1. The zero-order chi connectivity index (χ0) is 36.5. The third-order valence-electron chi connectivity index (χ3n) is 15.9. The summed E-state index contributed by atoms with van der Waals surface area (Å²) in [5.74, 6) is 5.52. The van der Waals surface area contributed by atoms with Gasteiger partial charge in [-0.15, -0.1) is 0 Å². The van der Waals surface area contributed by atoms with E-state index in [2.05, 4.69) is 64.2 Å². The van der Waals surface area contributed by atoms with Gasteiger partial charge in [0.15, 0.2) is 0 Å². The molecule has 5 saturated carbocycles. The highest BCUT2D eigenvalue weighted by atomic mass is 14.6. The third kappa shape index (κ3) is 12.0. The molecule has 5 aliphatic carbocycles. The van der Waals surface area contributed by atoms with Gasteiger partial charge in [-0.2, -0.15) is 0 Å². The molecule has 0 aromatic heterocycles. The molecule has 0 N–H and O–H groups in total. The van der Waals surface area contributed by atoms with Crippen LogP contribution in [0.15, 0.2) is 47.6 Å². The van der Waals surface area contributed by atoms with Crippen LogP contribution >= 0.6 is 0 Å². The van der Waals surface area contributed by atoms with Crippen molar-refractivity contribution in [2.75, 3.05) is 0 Å². The molecule has 0 aromatic carbocycles. The van der Waals surface area contributed by atoms with Crippen LogP contribution in [0.25, 0.3) is 0 Å². The predicted molar refractivity (Wildman–Crippen MR) is 231 cm³/mol. The van der Waals surface area contributed by atoms with Gasteiger partial charge in [-0.05, 0) is 188 Å². The van der Waals surface area contributed by atoms with Crippen LogP contribution in [0.4, 0.5) is 0 Å². The first kappa shape index (κ1) is 42.1. The molecule has 0 bridgehead atoms. The van der Waals surface area contributed by atoms with Crippen LogP contribution in [-0.2, 0) is 0 Å². The average Bonchev–Trinajstić information content (AvgIpc) is 3.98. The number of hydrogen-bond acceptors (Lipinski definition) is 0. The van der Waals surface area contributed by atoms with Gasteiger partial charge in [-0.25, -0.2) is 0 Å². The van der Waals surface area contributed by atoms with E-state index in [1.807, 2.05) is 11.1 Å². The molecule has 0 spiro atoms. The van der Waals surface area contributed by atoms with Gasteiger partial charge in [0.25, 0.3) is 0 Å². The summed E-state index contributed by atoms with van der Waals surface area (Å²) < 4.78 is 0. The van der Waals surface area contributed by atoms with Gasteiger partial charge in [-0.3, -0.25) is 0 Å². The highest BCUT2D eigenvalue weighted by Crippen LogP contribution is 2.61. The van der Waals surface area contributed by atoms with Crippen molar-refractivity contribution >= 4 is 0 Å². The monoisotopic (exact) mass is 713 g/mol. The summed E-state index contributed by atoms with van der Waals surface area (Å²) in [4.78, 5) is 0. The molecule has 0 radical (unpaired) electrons. The van der Waals surface area contributed by atoms with Crippen molar-refractivity contribution in [2.24, 2.45) is 46.3 Å². The molecule has 1 unspecified atom stereocenters. The fraction of sp³-hybridized carbons (Fsp3) is 0.846. The largest absolute Gasteiger partial charge is 0.0885 e. The summed E-state index contributed by atoms with van der Waals surface area (Å²) in [7, 11) is 0. The summed E-state index contributed by atoms with van der Waals surface area (Å²) in [5.41, 5.74) is 4.93. The molecule has 0 heterocycles. The van der Waals surface area contributed by atoms with E-state index >= 15 is 0 Å². The van der Waals surface area contributed by atoms with E-state index in [0.717, 1.165) is 54.8 Å². The molecule has 5 fully saturated rings. The summed E-state index contributed by atoms with van der Waals surface area (Å²) in [6.07, 6.45) is 61.7. The average molecular weight is 713 g/mol. The Kier molecular flexibility index (Phi) is 18.2. The minimum Gasteiger partial charge on any atom is -0.0885 e. The number of rotatable bonds is 21. The van der Waals surface area contributed by atoms with Gasteiger partial charge in [0.05, 0.1) is 0 Å². The van der Waals surface area contributed by atoms with Crippen molar-refractivity contribution in [1.29, 1.82) is 0 Å². The topological polar surface area (TPSA) is 0 Å². The van der Waals surface area contributed by atoms with E-state index in [1.54, 1.807) is 38.5 Å². The summed E-state index contributed by atoms with van der Waals surface area (Å²) in [5, 5.41) is 0. The summed E-state index contributed by atoms with van der Waals surface area (Å²) >= 11 is 0. The van der Waals surface area contributed by atoms with Gasteiger partial charge in [0, 0.05) is 0 Å². The van der Waals surface area contributed by atoms with Crippen LogP contribution in [0.3, 0.4) is 0 Å². The van der Waals surface area contributed by atoms with E-state index < -0.39 is 0 Å². The Bertz CT molecular complexity index is 1040. The molecule has 5 rings (SSSR count). The van der Waals surface area contributed by atoms with Gasteiger partial charge < -0.3 is 0 Å². The van der Waals surface area contributed by atoms with Gasteiger partial charge >= 0.3 is 0 Å². The summed E-state index contributed by atoms with van der Waals surface area (Å²) in [6.45, 7) is 9.71. The molecule has 0 heteroatoms. The third-order valence-corrected chi connectivity index (χ3v) is 15.9.